The van der Waals surface area contributed by atoms with Gasteiger partial charge in [0.25, 0.3) is 0 Å². The molecule has 1 fully saturated rings. The van der Waals surface area contributed by atoms with E-state index in [1.54, 1.807) is 0 Å². The molecular weight excluding hydrogens is 174 g/mol. The molecule has 3 heteroatoms. The van der Waals surface area contributed by atoms with Crippen molar-refractivity contribution < 1.29 is 4.79 Å². The first kappa shape index (κ1) is 9.85. The predicted molar refractivity (Wildman–Crippen MR) is 50.3 cm³/mol. The summed E-state index contributed by atoms with van der Waals surface area (Å²) in [5.41, 5.74) is 0. The van der Waals surface area contributed by atoms with Crippen LogP contribution in [0.2, 0.25) is 0 Å². The minimum Gasteiger partial charge on any atom is -0.354 e. The van der Waals surface area contributed by atoms with E-state index in [4.69, 9.17) is 11.6 Å². The number of halogens is 1. The van der Waals surface area contributed by atoms with Gasteiger partial charge in [-0.05, 0) is 19.3 Å². The Morgan fingerprint density at radius 2 is 2.33 bits per heavy atom. The van der Waals surface area contributed by atoms with Crippen LogP contribution in [0.3, 0.4) is 0 Å². The lowest BCUT2D eigenvalue weighted by Crippen LogP contribution is -2.37. The van der Waals surface area contributed by atoms with Gasteiger partial charge in [0.1, 0.15) is 0 Å². The average Bonchev–Trinajstić information content (AvgIpc) is 1.97. The molecule has 70 valence electrons. The van der Waals surface area contributed by atoms with Crippen LogP contribution in [0.5, 0.6) is 0 Å². The molecule has 0 radical (unpaired) electrons. The van der Waals surface area contributed by atoms with E-state index >= 15 is 0 Å². The van der Waals surface area contributed by atoms with Gasteiger partial charge in [-0.2, -0.15) is 0 Å². The van der Waals surface area contributed by atoms with Crippen LogP contribution in [0.15, 0.2) is 0 Å². The summed E-state index contributed by atoms with van der Waals surface area (Å²) in [6.07, 6.45) is 4.23. The standard InChI is InChI=1S/C9H16ClNO/c1-2-8(10)6-11-9(12)7-4-3-5-7/h7-8H,2-6H2,1H3,(H,11,12). The highest BCUT2D eigenvalue weighted by molar-refractivity contribution is 6.20. The topological polar surface area (TPSA) is 29.1 Å². The Labute approximate surface area is 78.7 Å². The SMILES string of the molecule is CCC(Cl)CNC(=O)C1CCC1. The van der Waals surface area contributed by atoms with Crippen LogP contribution < -0.4 is 5.32 Å². The molecule has 1 aliphatic rings. The third kappa shape index (κ3) is 2.67. The van der Waals surface area contributed by atoms with Crippen LogP contribution >= 0.6 is 11.6 Å². The van der Waals surface area contributed by atoms with Crippen molar-refractivity contribution in [2.24, 2.45) is 5.92 Å². The van der Waals surface area contributed by atoms with E-state index < -0.39 is 0 Å². The fraction of sp³-hybridized carbons (Fsp3) is 0.889. The molecule has 0 aromatic heterocycles. The molecule has 1 N–H and O–H groups in total. The highest BCUT2D eigenvalue weighted by Crippen LogP contribution is 2.26. The molecule has 1 rings (SSSR count). The predicted octanol–water partition coefficient (Wildman–Crippen LogP) is 1.92. The van der Waals surface area contributed by atoms with E-state index in [-0.39, 0.29) is 17.2 Å². The average molecular weight is 190 g/mol. The quantitative estimate of drug-likeness (QED) is 0.673. The number of hydrogen-bond acceptors (Lipinski definition) is 1. The molecule has 1 saturated carbocycles. The van der Waals surface area contributed by atoms with Crippen LogP contribution in [0.4, 0.5) is 0 Å². The summed E-state index contributed by atoms with van der Waals surface area (Å²) in [7, 11) is 0. The van der Waals surface area contributed by atoms with Crippen molar-refractivity contribution in [2.45, 2.75) is 38.0 Å². The fourth-order valence-corrected chi connectivity index (χ4v) is 1.25. The van der Waals surface area contributed by atoms with Crippen molar-refractivity contribution >= 4 is 17.5 Å². The van der Waals surface area contributed by atoms with Crippen molar-refractivity contribution in [1.29, 1.82) is 0 Å². The van der Waals surface area contributed by atoms with E-state index in [1.165, 1.54) is 6.42 Å². The molecule has 1 amide bonds. The molecule has 12 heavy (non-hydrogen) atoms. The van der Waals surface area contributed by atoms with Crippen molar-refractivity contribution in [1.82, 2.24) is 5.32 Å². The lowest BCUT2D eigenvalue weighted by Gasteiger charge is -2.24. The largest absolute Gasteiger partial charge is 0.354 e. The van der Waals surface area contributed by atoms with Gasteiger partial charge in [-0.3, -0.25) is 4.79 Å². The minimum absolute atomic E-state index is 0.0917. The molecule has 0 spiro atoms. The number of amides is 1. The molecular formula is C9H16ClNO. The lowest BCUT2D eigenvalue weighted by atomic mass is 9.85. The van der Waals surface area contributed by atoms with Gasteiger partial charge in [-0.15, -0.1) is 11.6 Å². The molecule has 0 saturated heterocycles. The van der Waals surface area contributed by atoms with Crippen molar-refractivity contribution in [3.8, 4) is 0 Å². The molecule has 0 bridgehead atoms. The van der Waals surface area contributed by atoms with Gasteiger partial charge in [0.15, 0.2) is 0 Å². The third-order valence-corrected chi connectivity index (χ3v) is 2.88. The summed E-state index contributed by atoms with van der Waals surface area (Å²) in [4.78, 5) is 11.3. The zero-order valence-electron chi connectivity index (χ0n) is 7.48. The number of carbonyl (C=O) groups is 1. The maximum atomic E-state index is 11.3. The third-order valence-electron chi connectivity index (χ3n) is 2.42. The summed E-state index contributed by atoms with van der Waals surface area (Å²) in [6.45, 7) is 2.64. The van der Waals surface area contributed by atoms with E-state index in [0.717, 1.165) is 19.3 Å². The van der Waals surface area contributed by atoms with Crippen LogP contribution in [0.25, 0.3) is 0 Å². The Bertz CT molecular complexity index is 157. The molecule has 1 atom stereocenters. The van der Waals surface area contributed by atoms with Gasteiger partial charge in [-0.25, -0.2) is 0 Å². The Hall–Kier alpha value is -0.240. The number of nitrogens with one attached hydrogen (secondary N) is 1. The smallest absolute Gasteiger partial charge is 0.223 e. The van der Waals surface area contributed by atoms with Crippen LogP contribution in [0.1, 0.15) is 32.6 Å². The molecule has 0 aromatic carbocycles. The molecule has 0 heterocycles. The number of carbonyl (C=O) groups excluding carboxylic acids is 1. The minimum atomic E-state index is 0.0917. The number of alkyl halides is 1. The van der Waals surface area contributed by atoms with Crippen LogP contribution in [0, 0.1) is 5.92 Å². The maximum absolute atomic E-state index is 11.3. The summed E-state index contributed by atoms with van der Waals surface area (Å²) in [5, 5.41) is 2.96. The molecule has 2 nitrogen and oxygen atoms in total. The normalized spacial score (nSPS) is 19.8. The summed E-state index contributed by atoms with van der Waals surface area (Å²) in [5.74, 6) is 0.478. The highest BCUT2D eigenvalue weighted by atomic mass is 35.5. The summed E-state index contributed by atoms with van der Waals surface area (Å²) in [6, 6.07) is 0. The second-order valence-electron chi connectivity index (χ2n) is 3.38. The van der Waals surface area contributed by atoms with Gasteiger partial charge in [0.05, 0.1) is 5.38 Å². The lowest BCUT2D eigenvalue weighted by molar-refractivity contribution is -0.127. The van der Waals surface area contributed by atoms with Crippen molar-refractivity contribution in [3.63, 3.8) is 0 Å². The second-order valence-corrected chi connectivity index (χ2v) is 4.00. The van der Waals surface area contributed by atoms with Gasteiger partial charge in [0.2, 0.25) is 5.91 Å². The Kier molecular flexibility index (Phi) is 3.86. The summed E-state index contributed by atoms with van der Waals surface area (Å²) < 4.78 is 0. The Morgan fingerprint density at radius 1 is 1.67 bits per heavy atom. The maximum Gasteiger partial charge on any atom is 0.223 e. The van der Waals surface area contributed by atoms with Gasteiger partial charge < -0.3 is 5.32 Å². The molecule has 0 aromatic rings. The van der Waals surface area contributed by atoms with Crippen molar-refractivity contribution in [3.05, 3.63) is 0 Å². The van der Waals surface area contributed by atoms with E-state index in [0.29, 0.717) is 6.54 Å². The van der Waals surface area contributed by atoms with Gasteiger partial charge in [-0.1, -0.05) is 13.3 Å². The first-order valence-electron chi connectivity index (χ1n) is 4.65. The zero-order valence-corrected chi connectivity index (χ0v) is 8.23. The van der Waals surface area contributed by atoms with Crippen LogP contribution in [-0.4, -0.2) is 17.8 Å². The Morgan fingerprint density at radius 3 is 2.75 bits per heavy atom. The molecule has 1 aliphatic carbocycles. The fourth-order valence-electron chi connectivity index (χ4n) is 1.17. The molecule has 0 aliphatic heterocycles. The van der Waals surface area contributed by atoms with E-state index in [1.807, 2.05) is 6.92 Å². The van der Waals surface area contributed by atoms with Gasteiger partial charge >= 0.3 is 0 Å². The summed E-state index contributed by atoms with van der Waals surface area (Å²) >= 11 is 5.86. The number of rotatable bonds is 4. The van der Waals surface area contributed by atoms with Crippen LogP contribution in [-0.2, 0) is 4.79 Å². The first-order chi connectivity index (χ1) is 5.74. The van der Waals surface area contributed by atoms with E-state index in [9.17, 15) is 4.79 Å². The first-order valence-corrected chi connectivity index (χ1v) is 5.09. The zero-order chi connectivity index (χ0) is 8.97. The monoisotopic (exact) mass is 189 g/mol. The molecule has 1 unspecified atom stereocenters. The Balaban J connectivity index is 2.09. The van der Waals surface area contributed by atoms with Gasteiger partial charge in [0, 0.05) is 12.5 Å². The number of hydrogen-bond donors (Lipinski definition) is 1. The second kappa shape index (κ2) is 4.70. The highest BCUT2D eigenvalue weighted by Gasteiger charge is 2.24. The van der Waals surface area contributed by atoms with E-state index in [2.05, 4.69) is 5.32 Å². The van der Waals surface area contributed by atoms with Crippen molar-refractivity contribution in [2.75, 3.05) is 6.54 Å².